The average molecular weight is 333 g/mol. The van der Waals surface area contributed by atoms with Crippen molar-refractivity contribution in [2.45, 2.75) is 18.9 Å². The van der Waals surface area contributed by atoms with Gasteiger partial charge in [0.15, 0.2) is 0 Å². The summed E-state index contributed by atoms with van der Waals surface area (Å²) in [7, 11) is 0. The van der Waals surface area contributed by atoms with Crippen LogP contribution in [0.5, 0.6) is 5.75 Å². The van der Waals surface area contributed by atoms with Crippen LogP contribution in [0.2, 0.25) is 0 Å². The lowest BCUT2D eigenvalue weighted by Crippen LogP contribution is -2.33. The first-order chi connectivity index (χ1) is 9.72. The van der Waals surface area contributed by atoms with Crippen LogP contribution in [-0.2, 0) is 12.8 Å². The molecular weight excluding hydrogens is 316 g/mol. The quantitative estimate of drug-likeness (QED) is 0.930. The Balaban J connectivity index is 1.68. The molecule has 0 saturated heterocycles. The van der Waals surface area contributed by atoms with Gasteiger partial charge < -0.3 is 9.84 Å². The van der Waals surface area contributed by atoms with E-state index in [0.29, 0.717) is 13.0 Å². The van der Waals surface area contributed by atoms with E-state index in [4.69, 9.17) is 4.74 Å². The number of aliphatic hydroxyl groups is 1. The fourth-order valence-corrected chi connectivity index (χ4v) is 3.12. The zero-order valence-electron chi connectivity index (χ0n) is 11.1. The van der Waals surface area contributed by atoms with Crippen molar-refractivity contribution in [2.75, 3.05) is 6.61 Å². The monoisotopic (exact) mass is 332 g/mol. The van der Waals surface area contributed by atoms with Crippen LogP contribution in [-0.4, -0.2) is 17.8 Å². The Morgan fingerprint density at radius 3 is 2.90 bits per heavy atom. The molecule has 0 radical (unpaired) electrons. The first-order valence-electron chi connectivity index (χ1n) is 6.85. The van der Waals surface area contributed by atoms with E-state index in [9.17, 15) is 5.11 Å². The molecule has 0 aliphatic carbocycles. The third-order valence-corrected chi connectivity index (χ3v) is 4.28. The number of rotatable bonds is 3. The zero-order valence-corrected chi connectivity index (χ0v) is 12.7. The van der Waals surface area contributed by atoms with E-state index >= 15 is 0 Å². The second kappa shape index (κ2) is 5.98. The van der Waals surface area contributed by atoms with Gasteiger partial charge in [0.1, 0.15) is 5.75 Å². The lowest BCUT2D eigenvalue weighted by atomic mass is 9.89. The van der Waals surface area contributed by atoms with Crippen molar-refractivity contribution < 1.29 is 9.84 Å². The molecule has 104 valence electrons. The summed E-state index contributed by atoms with van der Waals surface area (Å²) in [5.74, 6) is 1.11. The molecule has 2 atom stereocenters. The Labute approximate surface area is 127 Å². The molecule has 1 aliphatic rings. The van der Waals surface area contributed by atoms with Crippen molar-refractivity contribution in [3.63, 3.8) is 0 Å². The predicted octanol–water partition coefficient (Wildman–Crippen LogP) is 3.60. The van der Waals surface area contributed by atoms with E-state index in [1.165, 1.54) is 5.56 Å². The molecule has 0 saturated carbocycles. The van der Waals surface area contributed by atoms with Gasteiger partial charge in [-0.15, -0.1) is 0 Å². The number of hydrogen-bond acceptors (Lipinski definition) is 2. The van der Waals surface area contributed by atoms with E-state index in [2.05, 4.69) is 28.1 Å². The molecule has 20 heavy (non-hydrogen) atoms. The molecular formula is C17H17BrO2. The zero-order chi connectivity index (χ0) is 13.9. The summed E-state index contributed by atoms with van der Waals surface area (Å²) in [6, 6.07) is 16.2. The van der Waals surface area contributed by atoms with Crippen LogP contribution in [0, 0.1) is 5.92 Å². The van der Waals surface area contributed by atoms with E-state index in [-0.39, 0.29) is 12.0 Å². The van der Waals surface area contributed by atoms with Gasteiger partial charge in [0.05, 0.1) is 12.7 Å². The van der Waals surface area contributed by atoms with Crippen LogP contribution in [0.1, 0.15) is 11.1 Å². The fraction of sp³-hybridized carbons (Fsp3) is 0.294. The van der Waals surface area contributed by atoms with Crippen molar-refractivity contribution >= 4 is 15.9 Å². The molecule has 2 nitrogen and oxygen atoms in total. The van der Waals surface area contributed by atoms with Gasteiger partial charge in [0.25, 0.3) is 0 Å². The number of ether oxygens (including phenoxy) is 1. The second-order valence-electron chi connectivity index (χ2n) is 5.28. The number of halogens is 1. The third-order valence-electron chi connectivity index (χ3n) is 3.79. The molecule has 0 fully saturated rings. The molecule has 1 heterocycles. The maximum Gasteiger partial charge on any atom is 0.122 e. The fourth-order valence-electron chi connectivity index (χ4n) is 2.67. The van der Waals surface area contributed by atoms with Crippen molar-refractivity contribution in [1.82, 2.24) is 0 Å². The number of hydrogen-bond donors (Lipinski definition) is 1. The van der Waals surface area contributed by atoms with Gasteiger partial charge in [0.2, 0.25) is 0 Å². The molecule has 2 aromatic carbocycles. The average Bonchev–Trinajstić information content (AvgIpc) is 2.47. The van der Waals surface area contributed by atoms with Gasteiger partial charge in [-0.05, 0) is 42.2 Å². The molecule has 0 aromatic heterocycles. The number of benzene rings is 2. The molecule has 2 unspecified atom stereocenters. The van der Waals surface area contributed by atoms with E-state index < -0.39 is 0 Å². The maximum atomic E-state index is 10.4. The SMILES string of the molecule is OC(Cc1cccc(Br)c1)C1COc2ccccc2C1. The lowest BCUT2D eigenvalue weighted by molar-refractivity contribution is 0.0652. The van der Waals surface area contributed by atoms with E-state index in [1.807, 2.05) is 36.4 Å². The summed E-state index contributed by atoms with van der Waals surface area (Å²) in [5.41, 5.74) is 2.34. The van der Waals surface area contributed by atoms with Gasteiger partial charge in [-0.2, -0.15) is 0 Å². The van der Waals surface area contributed by atoms with E-state index in [1.54, 1.807) is 0 Å². The minimum absolute atomic E-state index is 0.156. The van der Waals surface area contributed by atoms with Crippen LogP contribution in [0.15, 0.2) is 53.0 Å². The smallest absolute Gasteiger partial charge is 0.122 e. The number of fused-ring (bicyclic) bond motifs is 1. The predicted molar refractivity (Wildman–Crippen MR) is 83.0 cm³/mol. The van der Waals surface area contributed by atoms with Crippen molar-refractivity contribution in [3.05, 3.63) is 64.1 Å². The van der Waals surface area contributed by atoms with Gasteiger partial charge in [0, 0.05) is 10.4 Å². The summed E-state index contributed by atoms with van der Waals surface area (Å²) in [6.45, 7) is 0.589. The van der Waals surface area contributed by atoms with Crippen LogP contribution in [0.3, 0.4) is 0 Å². The summed E-state index contributed by atoms with van der Waals surface area (Å²) >= 11 is 3.46. The Bertz CT molecular complexity index is 597. The summed E-state index contributed by atoms with van der Waals surface area (Å²) < 4.78 is 6.80. The van der Waals surface area contributed by atoms with Crippen molar-refractivity contribution in [3.8, 4) is 5.75 Å². The van der Waals surface area contributed by atoms with Crippen LogP contribution in [0.25, 0.3) is 0 Å². The Hall–Kier alpha value is -1.32. The maximum absolute atomic E-state index is 10.4. The van der Waals surface area contributed by atoms with Crippen molar-refractivity contribution in [2.24, 2.45) is 5.92 Å². The first kappa shape index (κ1) is 13.7. The minimum Gasteiger partial charge on any atom is -0.493 e. The molecule has 1 aliphatic heterocycles. The minimum atomic E-state index is -0.377. The molecule has 2 aromatic rings. The summed E-state index contributed by atoms with van der Waals surface area (Å²) in [5, 5.41) is 10.4. The molecule has 0 amide bonds. The highest BCUT2D eigenvalue weighted by Crippen LogP contribution is 2.29. The molecule has 1 N–H and O–H groups in total. The first-order valence-corrected chi connectivity index (χ1v) is 7.65. The molecule has 3 rings (SSSR count). The number of aliphatic hydroxyl groups excluding tert-OH is 1. The Morgan fingerprint density at radius 1 is 1.20 bits per heavy atom. The Kier molecular flexibility index (Phi) is 4.08. The van der Waals surface area contributed by atoms with Gasteiger partial charge in [-0.1, -0.05) is 46.3 Å². The molecule has 0 spiro atoms. The highest BCUT2D eigenvalue weighted by molar-refractivity contribution is 9.10. The molecule has 0 bridgehead atoms. The van der Waals surface area contributed by atoms with Crippen LogP contribution < -0.4 is 4.74 Å². The topological polar surface area (TPSA) is 29.5 Å². The highest BCUT2D eigenvalue weighted by atomic mass is 79.9. The summed E-state index contributed by atoms with van der Waals surface area (Å²) in [6.07, 6.45) is 1.17. The van der Waals surface area contributed by atoms with E-state index in [0.717, 1.165) is 22.2 Å². The Morgan fingerprint density at radius 2 is 2.05 bits per heavy atom. The summed E-state index contributed by atoms with van der Waals surface area (Å²) in [4.78, 5) is 0. The van der Waals surface area contributed by atoms with Gasteiger partial charge >= 0.3 is 0 Å². The highest BCUT2D eigenvalue weighted by Gasteiger charge is 2.26. The third kappa shape index (κ3) is 3.05. The van der Waals surface area contributed by atoms with Gasteiger partial charge in [-0.25, -0.2) is 0 Å². The lowest BCUT2D eigenvalue weighted by Gasteiger charge is -2.29. The van der Waals surface area contributed by atoms with Crippen molar-refractivity contribution in [1.29, 1.82) is 0 Å². The van der Waals surface area contributed by atoms with Crippen LogP contribution in [0.4, 0.5) is 0 Å². The second-order valence-corrected chi connectivity index (χ2v) is 6.20. The normalized spacial score (nSPS) is 19.0. The molecule has 3 heteroatoms. The van der Waals surface area contributed by atoms with Gasteiger partial charge in [-0.3, -0.25) is 0 Å². The largest absolute Gasteiger partial charge is 0.493 e. The standard InChI is InChI=1S/C17H17BrO2/c18-15-6-3-4-12(8-15)9-16(19)14-10-13-5-1-2-7-17(13)20-11-14/h1-8,14,16,19H,9-11H2. The van der Waals surface area contributed by atoms with Crippen LogP contribution >= 0.6 is 15.9 Å². The number of para-hydroxylation sites is 1.